The third kappa shape index (κ3) is 3.03. The summed E-state index contributed by atoms with van der Waals surface area (Å²) < 4.78 is 18.6. The number of benzene rings is 1. The van der Waals surface area contributed by atoms with Crippen molar-refractivity contribution in [3.8, 4) is 0 Å². The third-order valence-electron chi connectivity index (χ3n) is 4.52. The number of aliphatic hydroxyl groups is 1. The highest BCUT2D eigenvalue weighted by Gasteiger charge is 2.31. The molecule has 2 N–H and O–H groups in total. The average molecular weight is 279 g/mol. The van der Waals surface area contributed by atoms with E-state index in [1.165, 1.54) is 11.6 Å². The topological polar surface area (TPSA) is 41.5 Å². The molecule has 110 valence electrons. The smallest absolute Gasteiger partial charge is 0.123 e. The number of ether oxygens (including phenoxy) is 1. The molecule has 1 unspecified atom stereocenters. The van der Waals surface area contributed by atoms with Crippen LogP contribution in [0.1, 0.15) is 42.9 Å². The molecule has 1 aromatic rings. The third-order valence-corrected chi connectivity index (χ3v) is 4.52. The summed E-state index contributed by atoms with van der Waals surface area (Å²) in [5.74, 6) is -0.160. The van der Waals surface area contributed by atoms with Crippen LogP contribution in [0.25, 0.3) is 0 Å². The molecule has 0 bridgehead atoms. The molecule has 3 nitrogen and oxygen atoms in total. The van der Waals surface area contributed by atoms with Crippen LogP contribution in [0.2, 0.25) is 0 Å². The first-order valence-corrected chi connectivity index (χ1v) is 7.48. The van der Waals surface area contributed by atoms with Crippen LogP contribution in [-0.4, -0.2) is 30.5 Å². The number of rotatable bonds is 3. The van der Waals surface area contributed by atoms with Gasteiger partial charge in [0.2, 0.25) is 0 Å². The molecule has 0 aromatic heterocycles. The van der Waals surface area contributed by atoms with Crippen LogP contribution < -0.4 is 5.32 Å². The normalized spacial score (nSPS) is 25.2. The molecule has 3 rings (SSSR count). The Morgan fingerprint density at radius 2 is 2.15 bits per heavy atom. The largest absolute Gasteiger partial charge is 0.388 e. The van der Waals surface area contributed by atoms with E-state index in [0.29, 0.717) is 32.6 Å². The van der Waals surface area contributed by atoms with Gasteiger partial charge in [-0.15, -0.1) is 0 Å². The predicted molar refractivity (Wildman–Crippen MR) is 75.1 cm³/mol. The maximum absolute atomic E-state index is 13.3. The molecule has 2 aliphatic rings. The highest BCUT2D eigenvalue weighted by Crippen LogP contribution is 2.31. The molecule has 0 saturated carbocycles. The van der Waals surface area contributed by atoms with Crippen LogP contribution in [0.15, 0.2) is 18.2 Å². The molecule has 0 amide bonds. The Morgan fingerprint density at radius 3 is 2.95 bits per heavy atom. The zero-order valence-corrected chi connectivity index (χ0v) is 11.7. The first-order valence-electron chi connectivity index (χ1n) is 7.48. The summed E-state index contributed by atoms with van der Waals surface area (Å²) in [5, 5.41) is 14.0. The Morgan fingerprint density at radius 1 is 1.35 bits per heavy atom. The zero-order chi connectivity index (χ0) is 14.0. The minimum Gasteiger partial charge on any atom is -0.388 e. The minimum absolute atomic E-state index is 0.160. The van der Waals surface area contributed by atoms with Crippen molar-refractivity contribution in [3.05, 3.63) is 35.1 Å². The number of aryl methyl sites for hydroxylation is 1. The van der Waals surface area contributed by atoms with Crippen molar-refractivity contribution in [3.63, 3.8) is 0 Å². The molecule has 20 heavy (non-hydrogen) atoms. The lowest BCUT2D eigenvalue weighted by Crippen LogP contribution is -2.46. The van der Waals surface area contributed by atoms with Crippen molar-refractivity contribution in [1.29, 1.82) is 0 Å². The fourth-order valence-electron chi connectivity index (χ4n) is 3.24. The zero-order valence-electron chi connectivity index (χ0n) is 11.7. The second-order valence-electron chi connectivity index (χ2n) is 6.01. The summed E-state index contributed by atoms with van der Waals surface area (Å²) >= 11 is 0. The standard InChI is InChI=1S/C16H22FNO2/c17-13-4-5-14-12(10-13)2-1-3-15(14)18-11-16(19)6-8-20-9-7-16/h4-5,10,15,18-19H,1-3,6-9,11H2. The Kier molecular flexibility index (Phi) is 4.06. The fraction of sp³-hybridized carbons (Fsp3) is 0.625. The Balaban J connectivity index is 1.67. The fourth-order valence-corrected chi connectivity index (χ4v) is 3.24. The number of halogens is 1. The van der Waals surface area contributed by atoms with Gasteiger partial charge in [-0.05, 0) is 42.5 Å². The van der Waals surface area contributed by atoms with Crippen molar-refractivity contribution in [2.24, 2.45) is 0 Å². The van der Waals surface area contributed by atoms with E-state index < -0.39 is 5.60 Å². The van der Waals surface area contributed by atoms with E-state index in [-0.39, 0.29) is 11.9 Å². The summed E-state index contributed by atoms with van der Waals surface area (Å²) in [7, 11) is 0. The van der Waals surface area contributed by atoms with Crippen molar-refractivity contribution in [1.82, 2.24) is 5.32 Å². The highest BCUT2D eigenvalue weighted by molar-refractivity contribution is 5.32. The van der Waals surface area contributed by atoms with E-state index in [1.807, 2.05) is 6.07 Å². The quantitative estimate of drug-likeness (QED) is 0.892. The van der Waals surface area contributed by atoms with Crippen LogP contribution in [0.5, 0.6) is 0 Å². The molecule has 1 fully saturated rings. The molecule has 1 heterocycles. The minimum atomic E-state index is -0.657. The number of fused-ring (bicyclic) bond motifs is 1. The van der Waals surface area contributed by atoms with E-state index in [0.717, 1.165) is 24.8 Å². The molecular weight excluding hydrogens is 257 g/mol. The molecular formula is C16H22FNO2. The first kappa shape index (κ1) is 14.0. The Hall–Kier alpha value is -0.970. The lowest BCUT2D eigenvalue weighted by Gasteiger charge is -2.35. The van der Waals surface area contributed by atoms with E-state index in [4.69, 9.17) is 4.74 Å². The maximum Gasteiger partial charge on any atom is 0.123 e. The molecule has 1 atom stereocenters. The van der Waals surface area contributed by atoms with Gasteiger partial charge in [-0.3, -0.25) is 0 Å². The lowest BCUT2D eigenvalue weighted by molar-refractivity contribution is -0.0630. The van der Waals surface area contributed by atoms with Gasteiger partial charge in [0.1, 0.15) is 5.82 Å². The predicted octanol–water partition coefficient (Wildman–Crippen LogP) is 2.33. The number of hydrogen-bond donors (Lipinski definition) is 2. The highest BCUT2D eigenvalue weighted by atomic mass is 19.1. The van der Waals surface area contributed by atoms with Gasteiger partial charge in [-0.2, -0.15) is 0 Å². The van der Waals surface area contributed by atoms with Gasteiger partial charge < -0.3 is 15.2 Å². The maximum atomic E-state index is 13.3. The van der Waals surface area contributed by atoms with Gasteiger partial charge in [0, 0.05) is 38.6 Å². The summed E-state index contributed by atoms with van der Waals surface area (Å²) in [4.78, 5) is 0. The van der Waals surface area contributed by atoms with Crippen molar-refractivity contribution < 1.29 is 14.2 Å². The molecule has 4 heteroatoms. The van der Waals surface area contributed by atoms with Crippen LogP contribution in [0.3, 0.4) is 0 Å². The molecule has 1 aromatic carbocycles. The van der Waals surface area contributed by atoms with E-state index in [1.54, 1.807) is 6.07 Å². The van der Waals surface area contributed by atoms with Gasteiger partial charge in [0.25, 0.3) is 0 Å². The van der Waals surface area contributed by atoms with Crippen LogP contribution in [0.4, 0.5) is 4.39 Å². The lowest BCUT2D eigenvalue weighted by atomic mass is 9.86. The Bertz CT molecular complexity index is 472. The molecule has 1 saturated heterocycles. The Labute approximate surface area is 119 Å². The van der Waals surface area contributed by atoms with Crippen LogP contribution >= 0.6 is 0 Å². The van der Waals surface area contributed by atoms with Gasteiger partial charge in [0.15, 0.2) is 0 Å². The molecule has 1 aliphatic carbocycles. The van der Waals surface area contributed by atoms with Crippen molar-refractivity contribution in [2.75, 3.05) is 19.8 Å². The number of hydrogen-bond acceptors (Lipinski definition) is 3. The number of nitrogens with one attached hydrogen (secondary N) is 1. The first-order chi connectivity index (χ1) is 9.66. The van der Waals surface area contributed by atoms with Gasteiger partial charge in [0.05, 0.1) is 5.60 Å². The summed E-state index contributed by atoms with van der Waals surface area (Å²) in [6.45, 7) is 1.84. The van der Waals surface area contributed by atoms with Gasteiger partial charge in [-0.25, -0.2) is 4.39 Å². The van der Waals surface area contributed by atoms with Gasteiger partial charge in [-0.1, -0.05) is 6.07 Å². The van der Waals surface area contributed by atoms with Gasteiger partial charge >= 0.3 is 0 Å². The second kappa shape index (κ2) is 5.80. The summed E-state index contributed by atoms with van der Waals surface area (Å²) in [6, 6.07) is 5.29. The van der Waals surface area contributed by atoms with E-state index in [2.05, 4.69) is 5.32 Å². The molecule has 1 aliphatic heterocycles. The van der Waals surface area contributed by atoms with Crippen LogP contribution in [-0.2, 0) is 11.2 Å². The van der Waals surface area contributed by atoms with Crippen LogP contribution in [0, 0.1) is 5.82 Å². The van der Waals surface area contributed by atoms with E-state index >= 15 is 0 Å². The second-order valence-corrected chi connectivity index (χ2v) is 6.01. The molecule has 0 radical (unpaired) electrons. The van der Waals surface area contributed by atoms with Crippen molar-refractivity contribution >= 4 is 0 Å². The van der Waals surface area contributed by atoms with Crippen molar-refractivity contribution in [2.45, 2.75) is 43.7 Å². The SMILES string of the molecule is OC1(CNC2CCCc3cc(F)ccc32)CCOCC1. The average Bonchev–Trinajstić information content (AvgIpc) is 2.45. The monoisotopic (exact) mass is 279 g/mol. The van der Waals surface area contributed by atoms with E-state index in [9.17, 15) is 9.50 Å². The summed E-state index contributed by atoms with van der Waals surface area (Å²) in [6.07, 6.45) is 4.43. The molecule has 0 spiro atoms. The summed E-state index contributed by atoms with van der Waals surface area (Å²) in [5.41, 5.74) is 1.64.